The summed E-state index contributed by atoms with van der Waals surface area (Å²) < 4.78 is 8.22. The maximum Gasteiger partial charge on any atom is 0.112 e. The molecule has 1 saturated heterocycles. The van der Waals surface area contributed by atoms with Gasteiger partial charge in [-0.25, -0.2) is 0 Å². The van der Waals surface area contributed by atoms with Crippen molar-refractivity contribution in [3.05, 3.63) is 81.9 Å². The summed E-state index contributed by atoms with van der Waals surface area (Å²) in [6.07, 6.45) is 2.92. The van der Waals surface area contributed by atoms with Crippen molar-refractivity contribution in [2.45, 2.75) is 59.7 Å². The van der Waals surface area contributed by atoms with Gasteiger partial charge in [-0.05, 0) is 58.2 Å². The molecule has 4 rings (SSSR count). The summed E-state index contributed by atoms with van der Waals surface area (Å²) in [6.45, 7) is 14.2. The van der Waals surface area contributed by atoms with Crippen LogP contribution in [-0.2, 0) is 17.7 Å². The first-order valence-corrected chi connectivity index (χ1v) is 11.3. The second-order valence-corrected chi connectivity index (χ2v) is 9.04. The molecule has 31 heavy (non-hydrogen) atoms. The average molecular weight is 419 g/mol. The standard InChI is InChI=1S/C26H34N4O/c1-18(2)30-21(5)24(20(4)28-30)16-29-12-13-31-26(17-29)25-11-10-23(15-27-25)14-22-8-6-19(3)7-9-22/h6-11,15,18,26H,12-14,16-17H2,1-5H3/t26-/m0/s1. The highest BCUT2D eigenvalue weighted by Gasteiger charge is 2.25. The highest BCUT2D eigenvalue weighted by atomic mass is 16.5. The summed E-state index contributed by atoms with van der Waals surface area (Å²) in [5, 5.41) is 4.75. The van der Waals surface area contributed by atoms with Crippen LogP contribution in [0.25, 0.3) is 0 Å². The molecule has 1 aliphatic heterocycles. The lowest BCUT2D eigenvalue weighted by atomic mass is 10.0. The molecule has 2 aromatic heterocycles. The van der Waals surface area contributed by atoms with E-state index in [1.165, 1.54) is 27.9 Å². The van der Waals surface area contributed by atoms with Crippen molar-refractivity contribution >= 4 is 0 Å². The van der Waals surface area contributed by atoms with E-state index in [1.54, 1.807) is 0 Å². The molecule has 0 saturated carbocycles. The first-order valence-electron chi connectivity index (χ1n) is 11.3. The van der Waals surface area contributed by atoms with Crippen LogP contribution >= 0.6 is 0 Å². The van der Waals surface area contributed by atoms with E-state index in [-0.39, 0.29) is 6.10 Å². The first-order chi connectivity index (χ1) is 14.9. The minimum absolute atomic E-state index is 0.0166. The van der Waals surface area contributed by atoms with Gasteiger partial charge < -0.3 is 4.74 Å². The van der Waals surface area contributed by atoms with Crippen molar-refractivity contribution in [2.75, 3.05) is 19.7 Å². The zero-order chi connectivity index (χ0) is 22.0. The molecular weight excluding hydrogens is 384 g/mol. The molecule has 5 heteroatoms. The van der Waals surface area contributed by atoms with Gasteiger partial charge in [0.1, 0.15) is 6.10 Å². The molecular formula is C26H34N4O. The van der Waals surface area contributed by atoms with Crippen LogP contribution in [0, 0.1) is 20.8 Å². The molecule has 1 atom stereocenters. The molecule has 0 radical (unpaired) electrons. The predicted octanol–water partition coefficient (Wildman–Crippen LogP) is 4.95. The lowest BCUT2D eigenvalue weighted by molar-refractivity contribution is -0.0351. The number of aryl methyl sites for hydroxylation is 2. The molecule has 0 N–H and O–H groups in total. The number of hydrogen-bond donors (Lipinski definition) is 0. The molecule has 0 amide bonds. The van der Waals surface area contributed by atoms with Gasteiger partial charge in [-0.1, -0.05) is 35.9 Å². The van der Waals surface area contributed by atoms with Crippen LogP contribution in [0.3, 0.4) is 0 Å². The van der Waals surface area contributed by atoms with Gasteiger partial charge in [0.25, 0.3) is 0 Å². The minimum atomic E-state index is 0.0166. The van der Waals surface area contributed by atoms with E-state index in [0.717, 1.165) is 44.0 Å². The van der Waals surface area contributed by atoms with Crippen LogP contribution in [0.1, 0.15) is 65.3 Å². The highest BCUT2D eigenvalue weighted by Crippen LogP contribution is 2.25. The molecule has 1 fully saturated rings. The van der Waals surface area contributed by atoms with Crippen LogP contribution in [-0.4, -0.2) is 39.4 Å². The van der Waals surface area contributed by atoms with E-state index in [9.17, 15) is 0 Å². The third-order valence-corrected chi connectivity index (χ3v) is 6.20. The summed E-state index contributed by atoms with van der Waals surface area (Å²) in [4.78, 5) is 7.22. The number of aromatic nitrogens is 3. The Hall–Kier alpha value is -2.50. The van der Waals surface area contributed by atoms with Gasteiger partial charge in [0, 0.05) is 43.1 Å². The summed E-state index contributed by atoms with van der Waals surface area (Å²) in [5.41, 5.74) is 8.60. The van der Waals surface area contributed by atoms with Gasteiger partial charge in [-0.3, -0.25) is 14.6 Å². The van der Waals surface area contributed by atoms with Gasteiger partial charge in [0.05, 0.1) is 18.0 Å². The van der Waals surface area contributed by atoms with E-state index in [2.05, 4.69) is 80.6 Å². The number of morpholine rings is 1. The molecule has 0 aliphatic carbocycles. The monoisotopic (exact) mass is 418 g/mol. The summed E-state index contributed by atoms with van der Waals surface area (Å²) in [5.74, 6) is 0. The predicted molar refractivity (Wildman–Crippen MR) is 124 cm³/mol. The van der Waals surface area contributed by atoms with E-state index < -0.39 is 0 Å². The molecule has 1 aliphatic rings. The topological polar surface area (TPSA) is 43.2 Å². The Kier molecular flexibility index (Phi) is 6.54. The number of rotatable bonds is 6. The SMILES string of the molecule is Cc1ccc(Cc2ccc([C@@H]3CN(Cc4c(C)nn(C(C)C)c4C)CCO3)nc2)cc1. The Labute approximate surface area is 186 Å². The fourth-order valence-corrected chi connectivity index (χ4v) is 4.35. The first kappa shape index (κ1) is 21.7. The molecule has 0 bridgehead atoms. The zero-order valence-electron chi connectivity index (χ0n) is 19.4. The fraction of sp³-hybridized carbons (Fsp3) is 0.462. The van der Waals surface area contributed by atoms with Crippen LogP contribution in [0.2, 0.25) is 0 Å². The van der Waals surface area contributed by atoms with Crippen LogP contribution in [0.5, 0.6) is 0 Å². The van der Waals surface area contributed by atoms with E-state index in [4.69, 9.17) is 14.8 Å². The Morgan fingerprint density at radius 2 is 1.77 bits per heavy atom. The van der Waals surface area contributed by atoms with Crippen molar-refractivity contribution in [3.63, 3.8) is 0 Å². The number of hydrogen-bond acceptors (Lipinski definition) is 4. The Morgan fingerprint density at radius 1 is 1.03 bits per heavy atom. The maximum atomic E-state index is 6.08. The molecule has 164 valence electrons. The van der Waals surface area contributed by atoms with Gasteiger partial charge in [0.15, 0.2) is 0 Å². The Morgan fingerprint density at radius 3 is 2.42 bits per heavy atom. The smallest absolute Gasteiger partial charge is 0.112 e. The van der Waals surface area contributed by atoms with Crippen molar-refractivity contribution < 1.29 is 4.74 Å². The van der Waals surface area contributed by atoms with Crippen molar-refractivity contribution in [3.8, 4) is 0 Å². The quantitative estimate of drug-likeness (QED) is 0.568. The van der Waals surface area contributed by atoms with Gasteiger partial charge in [0.2, 0.25) is 0 Å². The largest absolute Gasteiger partial charge is 0.369 e. The van der Waals surface area contributed by atoms with E-state index in [0.29, 0.717) is 6.04 Å². The second-order valence-electron chi connectivity index (χ2n) is 9.04. The van der Waals surface area contributed by atoms with E-state index >= 15 is 0 Å². The summed E-state index contributed by atoms with van der Waals surface area (Å²) in [7, 11) is 0. The third-order valence-electron chi connectivity index (χ3n) is 6.20. The van der Waals surface area contributed by atoms with Crippen LogP contribution in [0.15, 0.2) is 42.6 Å². The molecule has 5 nitrogen and oxygen atoms in total. The molecule has 3 heterocycles. The molecule has 1 aromatic carbocycles. The number of pyridine rings is 1. The molecule has 3 aromatic rings. The van der Waals surface area contributed by atoms with Gasteiger partial charge in [-0.15, -0.1) is 0 Å². The second kappa shape index (κ2) is 9.33. The zero-order valence-corrected chi connectivity index (χ0v) is 19.4. The fourth-order valence-electron chi connectivity index (χ4n) is 4.35. The van der Waals surface area contributed by atoms with Crippen LogP contribution in [0.4, 0.5) is 0 Å². The third kappa shape index (κ3) is 5.05. The Bertz CT molecular complexity index is 1010. The maximum absolute atomic E-state index is 6.08. The summed E-state index contributed by atoms with van der Waals surface area (Å²) in [6, 6.07) is 13.4. The van der Waals surface area contributed by atoms with Gasteiger partial charge in [-0.2, -0.15) is 5.10 Å². The van der Waals surface area contributed by atoms with Gasteiger partial charge >= 0.3 is 0 Å². The van der Waals surface area contributed by atoms with Crippen molar-refractivity contribution in [1.82, 2.24) is 19.7 Å². The van der Waals surface area contributed by atoms with E-state index in [1.807, 2.05) is 6.20 Å². The summed E-state index contributed by atoms with van der Waals surface area (Å²) >= 11 is 0. The average Bonchev–Trinajstić information content (AvgIpc) is 3.05. The number of nitrogens with zero attached hydrogens (tertiary/aromatic N) is 4. The normalized spacial score (nSPS) is 17.4. The number of benzene rings is 1. The lowest BCUT2D eigenvalue weighted by Crippen LogP contribution is -2.38. The van der Waals surface area contributed by atoms with Crippen molar-refractivity contribution in [1.29, 1.82) is 0 Å². The Balaban J connectivity index is 1.41. The molecule has 0 unspecified atom stereocenters. The van der Waals surface area contributed by atoms with Crippen molar-refractivity contribution in [2.24, 2.45) is 0 Å². The lowest BCUT2D eigenvalue weighted by Gasteiger charge is -2.32. The molecule has 0 spiro atoms. The highest BCUT2D eigenvalue weighted by molar-refractivity contribution is 5.28. The number of ether oxygens (including phenoxy) is 1. The van der Waals surface area contributed by atoms with Crippen LogP contribution < -0.4 is 0 Å². The minimum Gasteiger partial charge on any atom is -0.369 e.